The standard InChI is InChI=1S/C31H18ClNO/c32-19-16-17-27-29(18-19)34-28-15-7-13-25-30(28)33(27)26-14-6-5-12-24(26)31(25)22-10-3-1-8-20(22)21-9-2-4-11-23(21)31/h1-18H. The highest BCUT2D eigenvalue weighted by Gasteiger charge is 2.53. The number of hydrogen-bond donors (Lipinski definition) is 0. The van der Waals surface area contributed by atoms with Gasteiger partial charge in [-0.1, -0.05) is 90.5 Å². The molecule has 2 nitrogen and oxygen atoms in total. The number of hydrogen-bond acceptors (Lipinski definition) is 2. The SMILES string of the molecule is Clc1ccc2c(c1)Oc1cccc3c1N2c1ccccc1C31c2ccccc2-c2ccccc21. The molecule has 1 aliphatic carbocycles. The minimum atomic E-state index is -0.418. The first-order chi connectivity index (χ1) is 16.8. The quantitative estimate of drug-likeness (QED) is 0.227. The molecule has 0 saturated carbocycles. The van der Waals surface area contributed by atoms with Crippen molar-refractivity contribution in [2.24, 2.45) is 0 Å². The zero-order chi connectivity index (χ0) is 22.4. The Kier molecular flexibility index (Phi) is 3.42. The van der Waals surface area contributed by atoms with Crippen LogP contribution in [0.1, 0.15) is 22.3 Å². The average molecular weight is 456 g/mol. The molecule has 0 atom stereocenters. The van der Waals surface area contributed by atoms with Gasteiger partial charge < -0.3 is 9.64 Å². The van der Waals surface area contributed by atoms with Crippen molar-refractivity contribution in [1.82, 2.24) is 0 Å². The molecule has 5 aromatic rings. The number of benzene rings is 5. The van der Waals surface area contributed by atoms with Crippen LogP contribution in [-0.2, 0) is 5.41 Å². The maximum atomic E-state index is 6.47. The number of fused-ring (bicyclic) bond motifs is 11. The molecular weight excluding hydrogens is 438 g/mol. The number of halogens is 1. The van der Waals surface area contributed by atoms with Gasteiger partial charge in [0.25, 0.3) is 0 Å². The molecule has 2 heterocycles. The minimum Gasteiger partial charge on any atom is -0.453 e. The van der Waals surface area contributed by atoms with Crippen molar-refractivity contribution < 1.29 is 4.74 Å². The van der Waals surface area contributed by atoms with Crippen molar-refractivity contribution in [3.05, 3.63) is 136 Å². The lowest BCUT2D eigenvalue weighted by atomic mass is 9.64. The van der Waals surface area contributed by atoms with Gasteiger partial charge in [0.05, 0.1) is 22.5 Å². The molecule has 5 aromatic carbocycles. The van der Waals surface area contributed by atoms with Crippen LogP contribution in [0, 0.1) is 0 Å². The number of ether oxygens (including phenoxy) is 1. The molecule has 0 unspecified atom stereocenters. The Balaban J connectivity index is 1.57. The molecule has 0 aromatic heterocycles. The van der Waals surface area contributed by atoms with Gasteiger partial charge in [0.1, 0.15) is 0 Å². The Morgan fingerprint density at radius 3 is 1.97 bits per heavy atom. The van der Waals surface area contributed by atoms with Crippen molar-refractivity contribution >= 4 is 28.7 Å². The molecule has 0 amide bonds. The Morgan fingerprint density at radius 1 is 0.559 bits per heavy atom. The van der Waals surface area contributed by atoms with E-state index in [2.05, 4.69) is 102 Å². The maximum absolute atomic E-state index is 6.47. The summed E-state index contributed by atoms with van der Waals surface area (Å²) in [7, 11) is 0. The molecule has 3 heteroatoms. The van der Waals surface area contributed by atoms with Crippen molar-refractivity contribution in [3.63, 3.8) is 0 Å². The molecule has 1 spiro atoms. The second-order valence-corrected chi connectivity index (χ2v) is 9.50. The monoisotopic (exact) mass is 455 g/mol. The Labute approximate surface area is 202 Å². The maximum Gasteiger partial charge on any atom is 0.153 e. The van der Waals surface area contributed by atoms with E-state index in [1.54, 1.807) is 0 Å². The van der Waals surface area contributed by atoms with Crippen molar-refractivity contribution in [2.45, 2.75) is 5.41 Å². The van der Waals surface area contributed by atoms with E-state index in [9.17, 15) is 0 Å². The third-order valence-electron chi connectivity index (χ3n) is 7.51. The normalized spacial score (nSPS) is 15.0. The predicted molar refractivity (Wildman–Crippen MR) is 137 cm³/mol. The van der Waals surface area contributed by atoms with Crippen molar-refractivity contribution in [1.29, 1.82) is 0 Å². The Morgan fingerprint density at radius 2 is 1.21 bits per heavy atom. The molecule has 0 fully saturated rings. The molecule has 0 bridgehead atoms. The minimum absolute atomic E-state index is 0.418. The highest BCUT2D eigenvalue weighted by molar-refractivity contribution is 6.30. The van der Waals surface area contributed by atoms with E-state index in [0.29, 0.717) is 5.02 Å². The molecule has 0 N–H and O–H groups in total. The lowest BCUT2D eigenvalue weighted by Gasteiger charge is -2.47. The van der Waals surface area contributed by atoms with Gasteiger partial charge >= 0.3 is 0 Å². The van der Waals surface area contributed by atoms with Crippen LogP contribution in [0.4, 0.5) is 17.1 Å². The van der Waals surface area contributed by atoms with Gasteiger partial charge in [0.2, 0.25) is 0 Å². The average Bonchev–Trinajstić information content (AvgIpc) is 3.17. The Bertz CT molecular complexity index is 1630. The largest absolute Gasteiger partial charge is 0.453 e. The van der Waals surface area contributed by atoms with Gasteiger partial charge in [-0.2, -0.15) is 0 Å². The zero-order valence-electron chi connectivity index (χ0n) is 18.1. The van der Waals surface area contributed by atoms with E-state index < -0.39 is 5.41 Å². The van der Waals surface area contributed by atoms with Crippen LogP contribution in [-0.4, -0.2) is 0 Å². The molecular formula is C31H18ClNO. The predicted octanol–water partition coefficient (Wildman–Crippen LogP) is 8.59. The van der Waals surface area contributed by atoms with Crippen LogP contribution >= 0.6 is 11.6 Å². The summed E-state index contributed by atoms with van der Waals surface area (Å²) < 4.78 is 6.47. The van der Waals surface area contributed by atoms with Crippen molar-refractivity contribution in [3.8, 4) is 22.6 Å². The molecule has 3 aliphatic rings. The fraction of sp³-hybridized carbons (Fsp3) is 0.0323. The Hall–Kier alpha value is -4.01. The van der Waals surface area contributed by atoms with E-state index in [4.69, 9.17) is 16.3 Å². The fourth-order valence-corrected chi connectivity index (χ4v) is 6.49. The van der Waals surface area contributed by atoms with Gasteiger partial charge in [-0.25, -0.2) is 0 Å². The van der Waals surface area contributed by atoms with E-state index in [1.165, 1.54) is 39.1 Å². The van der Waals surface area contributed by atoms with Crippen LogP contribution in [0.15, 0.2) is 109 Å². The first-order valence-corrected chi connectivity index (χ1v) is 11.9. The van der Waals surface area contributed by atoms with Gasteiger partial charge in [0, 0.05) is 11.1 Å². The van der Waals surface area contributed by atoms with E-state index in [0.717, 1.165) is 22.9 Å². The van der Waals surface area contributed by atoms with Crippen LogP contribution in [0.2, 0.25) is 5.02 Å². The summed E-state index contributed by atoms with van der Waals surface area (Å²) in [5.41, 5.74) is 10.6. The molecule has 34 heavy (non-hydrogen) atoms. The van der Waals surface area contributed by atoms with E-state index in [-0.39, 0.29) is 0 Å². The summed E-state index contributed by atoms with van der Waals surface area (Å²) in [6.45, 7) is 0. The summed E-state index contributed by atoms with van der Waals surface area (Å²) in [4.78, 5) is 2.35. The van der Waals surface area contributed by atoms with Gasteiger partial charge in [-0.15, -0.1) is 0 Å². The summed E-state index contributed by atoms with van der Waals surface area (Å²) in [6.07, 6.45) is 0. The highest BCUT2D eigenvalue weighted by atomic mass is 35.5. The summed E-state index contributed by atoms with van der Waals surface area (Å²) >= 11 is 6.35. The topological polar surface area (TPSA) is 12.5 Å². The molecule has 0 saturated heterocycles. The van der Waals surface area contributed by atoms with E-state index >= 15 is 0 Å². The molecule has 2 aliphatic heterocycles. The third kappa shape index (κ3) is 2.04. The number of nitrogens with zero attached hydrogens (tertiary/aromatic N) is 1. The lowest BCUT2D eigenvalue weighted by molar-refractivity contribution is 0.473. The second-order valence-electron chi connectivity index (χ2n) is 9.06. The molecule has 160 valence electrons. The summed E-state index contributed by atoms with van der Waals surface area (Å²) in [6, 6.07) is 38.8. The summed E-state index contributed by atoms with van der Waals surface area (Å²) in [5, 5.41) is 0.666. The number of anilines is 3. The second kappa shape index (κ2) is 6.31. The van der Waals surface area contributed by atoms with Gasteiger partial charge in [-0.3, -0.25) is 0 Å². The first kappa shape index (κ1) is 18.4. The van der Waals surface area contributed by atoms with Crippen LogP contribution < -0.4 is 9.64 Å². The fourth-order valence-electron chi connectivity index (χ4n) is 6.33. The number of rotatable bonds is 0. The van der Waals surface area contributed by atoms with Gasteiger partial charge in [0.15, 0.2) is 11.5 Å². The smallest absolute Gasteiger partial charge is 0.153 e. The highest BCUT2D eigenvalue weighted by Crippen LogP contribution is 2.66. The molecule has 0 radical (unpaired) electrons. The van der Waals surface area contributed by atoms with Crippen molar-refractivity contribution in [2.75, 3.05) is 4.90 Å². The van der Waals surface area contributed by atoms with Gasteiger partial charge in [-0.05, 0) is 57.6 Å². The zero-order valence-corrected chi connectivity index (χ0v) is 18.9. The third-order valence-corrected chi connectivity index (χ3v) is 7.75. The van der Waals surface area contributed by atoms with Crippen LogP contribution in [0.25, 0.3) is 11.1 Å². The first-order valence-electron chi connectivity index (χ1n) is 11.5. The lowest BCUT2D eigenvalue weighted by Crippen LogP contribution is -2.37. The van der Waals surface area contributed by atoms with Crippen LogP contribution in [0.5, 0.6) is 11.5 Å². The summed E-state index contributed by atoms with van der Waals surface area (Å²) in [5.74, 6) is 1.62. The molecule has 8 rings (SSSR count). The van der Waals surface area contributed by atoms with Crippen LogP contribution in [0.3, 0.4) is 0 Å². The van der Waals surface area contributed by atoms with E-state index in [1.807, 2.05) is 12.1 Å². The number of para-hydroxylation sites is 2.